The third-order valence-corrected chi connectivity index (χ3v) is 2.11. The fraction of sp³-hybridized carbons (Fsp3) is 0.800. The maximum Gasteiger partial charge on any atom is 0.321 e. The molecule has 0 aliphatic heterocycles. The summed E-state index contributed by atoms with van der Waals surface area (Å²) in [6, 6.07) is -0.484. The minimum Gasteiger partial charge on any atom is -0.338 e. The summed E-state index contributed by atoms with van der Waals surface area (Å²) < 4.78 is 0. The summed E-state index contributed by atoms with van der Waals surface area (Å²) in [5.41, 5.74) is 0. The lowest BCUT2D eigenvalue weighted by Crippen LogP contribution is -2.42. The zero-order valence-electron chi connectivity index (χ0n) is 10.0. The minimum atomic E-state index is -0.695. The number of amides is 3. The molecule has 0 aliphatic rings. The predicted molar refractivity (Wildman–Crippen MR) is 64.6 cm³/mol. The Kier molecular flexibility index (Phi) is 7.93. The van der Waals surface area contributed by atoms with Crippen molar-refractivity contribution in [1.29, 1.82) is 0 Å². The second kappa shape index (κ2) is 8.35. The number of carbonyl (C=O) groups excluding carboxylic acids is 2. The molecule has 0 heterocycles. The SMILES string of the molecule is CC(Cl)C(=O)NC(=O)NCCCCN(C)C. The summed E-state index contributed by atoms with van der Waals surface area (Å²) in [6.45, 7) is 3.06. The summed E-state index contributed by atoms with van der Waals surface area (Å²) in [6.07, 6.45) is 1.89. The normalized spacial score (nSPS) is 12.3. The van der Waals surface area contributed by atoms with Gasteiger partial charge in [0.25, 0.3) is 0 Å². The van der Waals surface area contributed by atoms with Crippen molar-refractivity contribution >= 4 is 23.5 Å². The van der Waals surface area contributed by atoms with E-state index in [4.69, 9.17) is 11.6 Å². The highest BCUT2D eigenvalue weighted by molar-refractivity contribution is 6.31. The van der Waals surface area contributed by atoms with E-state index in [-0.39, 0.29) is 0 Å². The Hall–Kier alpha value is -0.810. The van der Waals surface area contributed by atoms with Gasteiger partial charge in [-0.1, -0.05) is 0 Å². The molecule has 0 aromatic rings. The lowest BCUT2D eigenvalue weighted by atomic mass is 10.3. The number of carbonyl (C=O) groups is 2. The van der Waals surface area contributed by atoms with Crippen LogP contribution in [0.15, 0.2) is 0 Å². The van der Waals surface area contributed by atoms with Crippen LogP contribution in [0.25, 0.3) is 0 Å². The molecule has 0 rings (SSSR count). The Balaban J connectivity index is 3.48. The molecule has 0 saturated carbocycles. The molecule has 0 radical (unpaired) electrons. The number of nitrogens with zero attached hydrogens (tertiary/aromatic N) is 1. The number of urea groups is 1. The zero-order chi connectivity index (χ0) is 12.6. The highest BCUT2D eigenvalue weighted by atomic mass is 35.5. The topological polar surface area (TPSA) is 61.4 Å². The van der Waals surface area contributed by atoms with Gasteiger partial charge in [-0.05, 0) is 40.4 Å². The quantitative estimate of drug-likeness (QED) is 0.540. The molecule has 1 unspecified atom stereocenters. The molecule has 3 amide bonds. The Morgan fingerprint density at radius 2 is 1.94 bits per heavy atom. The maximum absolute atomic E-state index is 11.1. The Labute approximate surface area is 102 Å². The van der Waals surface area contributed by atoms with Crippen LogP contribution in [0, 0.1) is 0 Å². The molecule has 16 heavy (non-hydrogen) atoms. The Morgan fingerprint density at radius 1 is 1.31 bits per heavy atom. The number of hydrogen-bond acceptors (Lipinski definition) is 3. The van der Waals surface area contributed by atoms with Crippen molar-refractivity contribution in [1.82, 2.24) is 15.5 Å². The van der Waals surface area contributed by atoms with E-state index < -0.39 is 17.3 Å². The van der Waals surface area contributed by atoms with Crippen LogP contribution >= 0.6 is 11.6 Å². The molecule has 0 aromatic heterocycles. The molecular formula is C10H20ClN3O2. The molecule has 0 bridgehead atoms. The van der Waals surface area contributed by atoms with Gasteiger partial charge in [0.15, 0.2) is 0 Å². The van der Waals surface area contributed by atoms with Crippen LogP contribution in [0.2, 0.25) is 0 Å². The number of rotatable bonds is 6. The van der Waals surface area contributed by atoms with Crippen LogP contribution in [0.4, 0.5) is 4.79 Å². The van der Waals surface area contributed by atoms with E-state index in [1.54, 1.807) is 0 Å². The molecule has 0 aromatic carbocycles. The molecule has 0 saturated heterocycles. The standard InChI is InChI=1S/C10H20ClN3O2/c1-8(11)9(15)13-10(16)12-6-4-5-7-14(2)3/h8H,4-7H2,1-3H3,(H2,12,13,15,16). The highest BCUT2D eigenvalue weighted by Crippen LogP contribution is 1.92. The second-order valence-corrected chi connectivity index (χ2v) is 4.53. The van der Waals surface area contributed by atoms with E-state index in [1.807, 2.05) is 14.1 Å². The summed E-state index contributed by atoms with van der Waals surface area (Å²) in [7, 11) is 4.00. The molecule has 0 spiro atoms. The molecule has 0 aliphatic carbocycles. The van der Waals surface area contributed by atoms with Crippen LogP contribution in [0.5, 0.6) is 0 Å². The fourth-order valence-corrected chi connectivity index (χ4v) is 1.07. The van der Waals surface area contributed by atoms with E-state index in [9.17, 15) is 9.59 Å². The first kappa shape index (κ1) is 15.2. The van der Waals surface area contributed by atoms with Gasteiger partial charge in [0.1, 0.15) is 5.38 Å². The fourth-order valence-electron chi connectivity index (χ4n) is 1.01. The van der Waals surface area contributed by atoms with Crippen molar-refractivity contribution in [3.63, 3.8) is 0 Å². The van der Waals surface area contributed by atoms with Crippen molar-refractivity contribution in [2.75, 3.05) is 27.2 Å². The van der Waals surface area contributed by atoms with Crippen molar-refractivity contribution in [3.8, 4) is 0 Å². The van der Waals surface area contributed by atoms with Crippen LogP contribution in [-0.2, 0) is 4.79 Å². The minimum absolute atomic E-state index is 0.479. The first-order chi connectivity index (χ1) is 7.43. The number of unbranched alkanes of at least 4 members (excludes halogenated alkanes) is 1. The average molecular weight is 250 g/mol. The molecule has 2 N–H and O–H groups in total. The smallest absolute Gasteiger partial charge is 0.321 e. The maximum atomic E-state index is 11.1. The Morgan fingerprint density at radius 3 is 2.44 bits per heavy atom. The third kappa shape index (κ3) is 8.49. The molecule has 6 heteroatoms. The largest absolute Gasteiger partial charge is 0.338 e. The van der Waals surface area contributed by atoms with Gasteiger partial charge >= 0.3 is 6.03 Å². The van der Waals surface area contributed by atoms with E-state index in [0.717, 1.165) is 19.4 Å². The number of halogens is 1. The highest BCUT2D eigenvalue weighted by Gasteiger charge is 2.11. The van der Waals surface area contributed by atoms with Gasteiger partial charge < -0.3 is 10.2 Å². The van der Waals surface area contributed by atoms with E-state index in [1.165, 1.54) is 6.92 Å². The van der Waals surface area contributed by atoms with Crippen molar-refractivity contribution in [2.24, 2.45) is 0 Å². The summed E-state index contributed by atoms with van der Waals surface area (Å²) >= 11 is 5.49. The average Bonchev–Trinajstić information content (AvgIpc) is 2.16. The summed E-state index contributed by atoms with van der Waals surface area (Å²) in [5, 5.41) is 4.05. The van der Waals surface area contributed by atoms with Crippen molar-refractivity contribution in [3.05, 3.63) is 0 Å². The lowest BCUT2D eigenvalue weighted by Gasteiger charge is -2.10. The molecule has 1 atom stereocenters. The number of imide groups is 1. The molecule has 94 valence electrons. The molecular weight excluding hydrogens is 230 g/mol. The monoisotopic (exact) mass is 249 g/mol. The summed E-state index contributed by atoms with van der Waals surface area (Å²) in [5.74, 6) is -0.479. The van der Waals surface area contributed by atoms with Crippen LogP contribution in [0.3, 0.4) is 0 Å². The predicted octanol–water partition coefficient (Wildman–Crippen LogP) is 0.781. The first-order valence-corrected chi connectivity index (χ1v) is 5.74. The lowest BCUT2D eigenvalue weighted by molar-refractivity contribution is -0.119. The number of alkyl halides is 1. The zero-order valence-corrected chi connectivity index (χ0v) is 10.8. The van der Waals surface area contributed by atoms with Gasteiger partial charge in [0.2, 0.25) is 5.91 Å². The van der Waals surface area contributed by atoms with Crippen LogP contribution < -0.4 is 10.6 Å². The van der Waals surface area contributed by atoms with Gasteiger partial charge in [0, 0.05) is 6.54 Å². The van der Waals surface area contributed by atoms with Gasteiger partial charge in [-0.2, -0.15) is 0 Å². The third-order valence-electron chi connectivity index (χ3n) is 1.92. The van der Waals surface area contributed by atoms with E-state index in [2.05, 4.69) is 15.5 Å². The van der Waals surface area contributed by atoms with Crippen LogP contribution in [0.1, 0.15) is 19.8 Å². The van der Waals surface area contributed by atoms with E-state index in [0.29, 0.717) is 6.54 Å². The van der Waals surface area contributed by atoms with Crippen LogP contribution in [-0.4, -0.2) is 49.4 Å². The second-order valence-electron chi connectivity index (χ2n) is 3.87. The number of nitrogens with one attached hydrogen (secondary N) is 2. The van der Waals surface area contributed by atoms with Gasteiger partial charge in [-0.15, -0.1) is 11.6 Å². The number of hydrogen-bond donors (Lipinski definition) is 2. The van der Waals surface area contributed by atoms with Gasteiger partial charge in [0.05, 0.1) is 0 Å². The first-order valence-electron chi connectivity index (χ1n) is 5.31. The van der Waals surface area contributed by atoms with Crippen molar-refractivity contribution in [2.45, 2.75) is 25.1 Å². The summed E-state index contributed by atoms with van der Waals surface area (Å²) in [4.78, 5) is 24.2. The molecule has 5 nitrogen and oxygen atoms in total. The van der Waals surface area contributed by atoms with Gasteiger partial charge in [-0.25, -0.2) is 4.79 Å². The molecule has 0 fully saturated rings. The van der Waals surface area contributed by atoms with Crippen molar-refractivity contribution < 1.29 is 9.59 Å². The Bertz CT molecular complexity index is 232. The van der Waals surface area contributed by atoms with Gasteiger partial charge in [-0.3, -0.25) is 10.1 Å². The van der Waals surface area contributed by atoms with E-state index >= 15 is 0 Å².